The Labute approximate surface area is 274 Å². The fourth-order valence-corrected chi connectivity index (χ4v) is 7.33. The fraction of sp³-hybridized carbons (Fsp3) is 0.200. The lowest BCUT2D eigenvalue weighted by Gasteiger charge is -2.33. The predicted octanol–water partition coefficient (Wildman–Crippen LogP) is 11.6. The van der Waals surface area contributed by atoms with Gasteiger partial charge in [0.2, 0.25) is 0 Å². The molecule has 0 unspecified atom stereocenters. The molecule has 2 N–H and O–H groups in total. The van der Waals surface area contributed by atoms with E-state index in [0.717, 1.165) is 22.4 Å². The highest BCUT2D eigenvalue weighted by Crippen LogP contribution is 2.56. The van der Waals surface area contributed by atoms with Gasteiger partial charge in [-0.3, -0.25) is 0 Å². The van der Waals surface area contributed by atoms with E-state index in [-0.39, 0.29) is 10.8 Å². The van der Waals surface area contributed by atoms with E-state index in [4.69, 9.17) is 5.73 Å². The van der Waals surface area contributed by atoms with Crippen molar-refractivity contribution in [1.82, 2.24) is 0 Å². The molecule has 0 heterocycles. The average molecular weight is 598 g/mol. The lowest BCUT2D eigenvalue weighted by Crippen LogP contribution is -2.28. The maximum absolute atomic E-state index is 7.14. The van der Waals surface area contributed by atoms with E-state index in [1.54, 1.807) is 0 Å². The number of nitrogen functional groups attached to an aromatic ring is 1. The molecule has 1 aliphatic rings. The predicted molar refractivity (Wildman–Crippen MR) is 196 cm³/mol. The number of para-hydroxylation sites is 1. The Bertz CT molecular complexity index is 1980. The molecule has 0 spiro atoms. The third-order valence-electron chi connectivity index (χ3n) is 9.85. The molecule has 1 aliphatic carbocycles. The van der Waals surface area contributed by atoms with Crippen molar-refractivity contribution < 1.29 is 0 Å². The summed E-state index contributed by atoms with van der Waals surface area (Å²) >= 11 is 0. The second-order valence-corrected chi connectivity index (χ2v) is 14.9. The molecular weight excluding hydrogens is 555 g/mol. The molecule has 228 valence electrons. The molecule has 1 nitrogen and oxygen atoms in total. The average Bonchev–Trinajstić information content (AvgIpc) is 3.35. The third kappa shape index (κ3) is 4.77. The van der Waals surface area contributed by atoms with Gasteiger partial charge in [0.05, 0.1) is 5.41 Å². The minimum Gasteiger partial charge on any atom is -0.398 e. The molecule has 0 bridgehead atoms. The standard InChI is InChI=1S/C45H43N/c1-43(2,3)34-26-31(27-35(29-34)44(4,5)6)37-22-15-21-36(42(37)46)30-24-25-41-39(28-30)38-20-13-14-23-40(38)45(41,32-16-9-7-10-17-32)33-18-11-8-12-19-33/h7-29H,46H2,1-6H3. The number of hydrogen-bond acceptors (Lipinski definition) is 1. The highest BCUT2D eigenvalue weighted by molar-refractivity contribution is 5.93. The van der Waals surface area contributed by atoms with Crippen molar-refractivity contribution in [2.75, 3.05) is 5.73 Å². The Morgan fingerprint density at radius 1 is 0.413 bits per heavy atom. The molecule has 7 rings (SSSR count). The molecule has 1 heteroatoms. The smallest absolute Gasteiger partial charge is 0.0713 e. The van der Waals surface area contributed by atoms with Gasteiger partial charge in [-0.15, -0.1) is 0 Å². The molecule has 0 atom stereocenters. The van der Waals surface area contributed by atoms with Gasteiger partial charge in [0.25, 0.3) is 0 Å². The van der Waals surface area contributed by atoms with Crippen LogP contribution in [0.1, 0.15) is 74.9 Å². The van der Waals surface area contributed by atoms with Gasteiger partial charge < -0.3 is 5.73 Å². The van der Waals surface area contributed by atoms with Crippen molar-refractivity contribution in [3.05, 3.63) is 173 Å². The number of hydrogen-bond donors (Lipinski definition) is 1. The number of rotatable bonds is 4. The van der Waals surface area contributed by atoms with Crippen molar-refractivity contribution >= 4 is 5.69 Å². The van der Waals surface area contributed by atoms with E-state index in [2.05, 4.69) is 181 Å². The van der Waals surface area contributed by atoms with Gasteiger partial charge in [0.15, 0.2) is 0 Å². The van der Waals surface area contributed by atoms with Gasteiger partial charge in [0.1, 0.15) is 0 Å². The Morgan fingerprint density at radius 3 is 1.46 bits per heavy atom. The summed E-state index contributed by atoms with van der Waals surface area (Å²) < 4.78 is 0. The molecular formula is C45H43N. The Hall–Kier alpha value is -4.88. The van der Waals surface area contributed by atoms with Gasteiger partial charge >= 0.3 is 0 Å². The van der Waals surface area contributed by atoms with Crippen LogP contribution in [0.4, 0.5) is 5.69 Å². The zero-order chi connectivity index (χ0) is 32.3. The van der Waals surface area contributed by atoms with Crippen LogP contribution in [-0.4, -0.2) is 0 Å². The zero-order valence-corrected chi connectivity index (χ0v) is 27.9. The van der Waals surface area contributed by atoms with Gasteiger partial charge in [-0.25, -0.2) is 0 Å². The van der Waals surface area contributed by atoms with Crippen molar-refractivity contribution in [1.29, 1.82) is 0 Å². The first-order valence-electron chi connectivity index (χ1n) is 16.4. The summed E-state index contributed by atoms with van der Waals surface area (Å²) in [4.78, 5) is 0. The number of benzene rings is 6. The Morgan fingerprint density at radius 2 is 0.891 bits per heavy atom. The lowest BCUT2D eigenvalue weighted by molar-refractivity contribution is 0.569. The van der Waals surface area contributed by atoms with E-state index >= 15 is 0 Å². The van der Waals surface area contributed by atoms with Crippen LogP contribution in [0.2, 0.25) is 0 Å². The van der Waals surface area contributed by atoms with E-state index in [1.807, 2.05) is 0 Å². The van der Waals surface area contributed by atoms with Crippen LogP contribution in [0.3, 0.4) is 0 Å². The van der Waals surface area contributed by atoms with E-state index in [0.29, 0.717) is 0 Å². The maximum atomic E-state index is 7.14. The van der Waals surface area contributed by atoms with Crippen molar-refractivity contribution in [2.45, 2.75) is 57.8 Å². The summed E-state index contributed by atoms with van der Waals surface area (Å²) in [6, 6.07) is 51.3. The first-order chi connectivity index (χ1) is 22.0. The van der Waals surface area contributed by atoms with Crippen LogP contribution in [0, 0.1) is 0 Å². The number of nitrogens with two attached hydrogens (primary N) is 1. The van der Waals surface area contributed by atoms with Crippen molar-refractivity contribution in [2.24, 2.45) is 0 Å². The minimum absolute atomic E-state index is 0.0275. The second-order valence-electron chi connectivity index (χ2n) is 14.9. The molecule has 0 amide bonds. The first kappa shape index (κ1) is 29.8. The summed E-state index contributed by atoms with van der Waals surface area (Å²) in [5, 5.41) is 0. The second kappa shape index (κ2) is 10.9. The van der Waals surface area contributed by atoms with Gasteiger partial charge in [-0.05, 0) is 72.5 Å². The van der Waals surface area contributed by atoms with Crippen LogP contribution in [0.15, 0.2) is 140 Å². The van der Waals surface area contributed by atoms with Crippen LogP contribution in [-0.2, 0) is 16.2 Å². The topological polar surface area (TPSA) is 26.0 Å². The largest absolute Gasteiger partial charge is 0.398 e. The normalized spacial score (nSPS) is 13.7. The van der Waals surface area contributed by atoms with Crippen molar-refractivity contribution in [3.63, 3.8) is 0 Å². The molecule has 0 aromatic heterocycles. The molecule has 0 saturated heterocycles. The highest BCUT2D eigenvalue weighted by Gasteiger charge is 2.46. The number of anilines is 1. The van der Waals surface area contributed by atoms with E-state index < -0.39 is 5.41 Å². The molecule has 0 radical (unpaired) electrons. The minimum atomic E-state index is -0.406. The van der Waals surface area contributed by atoms with Gasteiger partial charge in [-0.1, -0.05) is 175 Å². The van der Waals surface area contributed by atoms with Gasteiger partial charge in [0, 0.05) is 16.8 Å². The quantitative estimate of drug-likeness (QED) is 0.201. The maximum Gasteiger partial charge on any atom is 0.0713 e. The first-order valence-corrected chi connectivity index (χ1v) is 16.4. The highest BCUT2D eigenvalue weighted by atomic mass is 14.6. The van der Waals surface area contributed by atoms with E-state index in [1.165, 1.54) is 50.1 Å². The monoisotopic (exact) mass is 597 g/mol. The summed E-state index contributed by atoms with van der Waals surface area (Å²) in [7, 11) is 0. The lowest BCUT2D eigenvalue weighted by atomic mass is 9.67. The molecule has 6 aromatic rings. The fourth-order valence-electron chi connectivity index (χ4n) is 7.33. The Balaban J connectivity index is 1.43. The Kier molecular flexibility index (Phi) is 7.05. The zero-order valence-electron chi connectivity index (χ0n) is 27.9. The third-order valence-corrected chi connectivity index (χ3v) is 9.85. The molecule has 0 saturated carbocycles. The SMILES string of the molecule is CC(C)(C)c1cc(-c2cccc(-c3ccc4c(c3)-c3ccccc3C4(c3ccccc3)c3ccccc3)c2N)cc(C(C)(C)C)c1. The van der Waals surface area contributed by atoms with Crippen molar-refractivity contribution in [3.8, 4) is 33.4 Å². The molecule has 0 aliphatic heterocycles. The number of fused-ring (bicyclic) bond motifs is 3. The van der Waals surface area contributed by atoms with Crippen LogP contribution < -0.4 is 5.73 Å². The molecule has 0 fully saturated rings. The molecule has 46 heavy (non-hydrogen) atoms. The summed E-state index contributed by atoms with van der Waals surface area (Å²) in [6.45, 7) is 13.7. The van der Waals surface area contributed by atoms with Crippen LogP contribution in [0.5, 0.6) is 0 Å². The van der Waals surface area contributed by atoms with Gasteiger partial charge in [-0.2, -0.15) is 0 Å². The summed E-state index contributed by atoms with van der Waals surface area (Å²) in [6.07, 6.45) is 0. The van der Waals surface area contributed by atoms with Crippen LogP contribution in [0.25, 0.3) is 33.4 Å². The van der Waals surface area contributed by atoms with E-state index in [9.17, 15) is 0 Å². The summed E-state index contributed by atoms with van der Waals surface area (Å²) in [5.74, 6) is 0. The summed E-state index contributed by atoms with van der Waals surface area (Å²) in [5.41, 5.74) is 22.4. The van der Waals surface area contributed by atoms with Crippen LogP contribution >= 0.6 is 0 Å². The molecule has 6 aromatic carbocycles.